The second-order valence-electron chi connectivity index (χ2n) is 6.02. The number of carbonyl (C=O) groups is 2. The minimum atomic E-state index is -0.885. The van der Waals surface area contributed by atoms with Gasteiger partial charge in [0.1, 0.15) is 12.1 Å². The molecule has 0 amide bonds. The number of rotatable bonds is 6. The van der Waals surface area contributed by atoms with Gasteiger partial charge in [0.15, 0.2) is 0 Å². The lowest BCUT2D eigenvalue weighted by Gasteiger charge is -2.08. The molecule has 0 bridgehead atoms. The van der Waals surface area contributed by atoms with Gasteiger partial charge in [0, 0.05) is 6.07 Å². The fourth-order valence-electron chi connectivity index (χ4n) is 2.61. The summed E-state index contributed by atoms with van der Waals surface area (Å²) >= 11 is 0. The Morgan fingerprint density at radius 2 is 2.17 bits per heavy atom. The van der Waals surface area contributed by atoms with Gasteiger partial charge in [0.25, 0.3) is 11.3 Å². The van der Waals surface area contributed by atoms with Crippen LogP contribution in [0.2, 0.25) is 0 Å². The Labute approximate surface area is 139 Å². The fraction of sp³-hybridized carbons (Fsp3) is 0.412. The van der Waals surface area contributed by atoms with E-state index in [0.717, 1.165) is 12.8 Å². The van der Waals surface area contributed by atoms with Crippen LogP contribution in [0.25, 0.3) is 5.65 Å². The van der Waals surface area contributed by atoms with Crippen molar-refractivity contribution in [1.29, 1.82) is 5.26 Å². The summed E-state index contributed by atoms with van der Waals surface area (Å²) in [5.74, 6) is -1.39. The molecular formula is C17H18N3O4+. The molecule has 3 rings (SSSR count). The van der Waals surface area contributed by atoms with Crippen molar-refractivity contribution in [3.05, 3.63) is 30.1 Å². The molecule has 0 aliphatic heterocycles. The molecule has 0 atom stereocenters. The number of hydrogen-bond donors (Lipinski definition) is 0. The highest BCUT2D eigenvalue weighted by molar-refractivity contribution is 6.40. The van der Waals surface area contributed by atoms with E-state index >= 15 is 0 Å². The van der Waals surface area contributed by atoms with Crippen molar-refractivity contribution < 1.29 is 23.6 Å². The number of nitrogens with zero attached hydrogens (tertiary/aromatic N) is 3. The number of methoxy groups -OCH3 is 1. The largest absolute Gasteiger partial charge is 0.462 e. The van der Waals surface area contributed by atoms with Crippen LogP contribution in [-0.4, -0.2) is 28.9 Å². The number of ketones is 1. The maximum atomic E-state index is 12.7. The lowest BCUT2D eigenvalue weighted by atomic mass is 10.2. The molecule has 24 heavy (non-hydrogen) atoms. The molecule has 2 aromatic heterocycles. The number of carbonyl (C=O) groups excluding carboxylic acids is 2. The second-order valence-corrected chi connectivity index (χ2v) is 6.02. The van der Waals surface area contributed by atoms with Crippen molar-refractivity contribution >= 4 is 17.4 Å². The van der Waals surface area contributed by atoms with Gasteiger partial charge >= 0.3 is 17.6 Å². The van der Waals surface area contributed by atoms with Gasteiger partial charge in [-0.15, -0.1) is 0 Å². The standard InChI is InChI=1S/C17H18N3O4/c1-17(7-8-17)24-16(22)14(21)13-15(23-2)20(11-5-9-18)12-6-3-4-10-19(12)13/h3-4,6,10H,5,7-8,11H2,1-2H3/q+1. The monoisotopic (exact) mass is 328 g/mol. The maximum absolute atomic E-state index is 12.7. The first-order valence-corrected chi connectivity index (χ1v) is 7.72. The Morgan fingerprint density at radius 1 is 1.42 bits per heavy atom. The Bertz CT molecular complexity index is 859. The van der Waals surface area contributed by atoms with Crippen molar-refractivity contribution in [2.24, 2.45) is 0 Å². The molecule has 0 aromatic carbocycles. The lowest BCUT2D eigenvalue weighted by molar-refractivity contribution is -0.674. The molecule has 124 valence electrons. The van der Waals surface area contributed by atoms with Crippen LogP contribution in [-0.2, 0) is 16.1 Å². The molecule has 7 heteroatoms. The average Bonchev–Trinajstić information content (AvgIpc) is 3.21. The van der Waals surface area contributed by atoms with E-state index in [9.17, 15) is 9.59 Å². The summed E-state index contributed by atoms with van der Waals surface area (Å²) in [6.07, 6.45) is 3.46. The summed E-state index contributed by atoms with van der Waals surface area (Å²) in [6, 6.07) is 7.44. The molecule has 2 heterocycles. The average molecular weight is 328 g/mol. The minimum absolute atomic E-state index is 0.111. The highest BCUT2D eigenvalue weighted by atomic mass is 16.6. The molecule has 1 aliphatic rings. The van der Waals surface area contributed by atoms with E-state index in [1.807, 2.05) is 6.07 Å². The Balaban J connectivity index is 2.07. The smallest absolute Gasteiger partial charge is 0.384 e. The second kappa shape index (κ2) is 5.96. The molecule has 2 aromatic rings. The van der Waals surface area contributed by atoms with Gasteiger partial charge in [-0.25, -0.2) is 4.79 Å². The summed E-state index contributed by atoms with van der Waals surface area (Å²) in [7, 11) is 1.43. The Morgan fingerprint density at radius 3 is 2.79 bits per heavy atom. The van der Waals surface area contributed by atoms with Gasteiger partial charge in [-0.3, -0.25) is 4.79 Å². The third-order valence-electron chi connectivity index (χ3n) is 4.14. The summed E-state index contributed by atoms with van der Waals surface area (Å²) in [5.41, 5.74) is 0.253. The molecule has 0 unspecified atom stereocenters. The molecule has 0 saturated heterocycles. The predicted octanol–water partition coefficient (Wildman–Crippen LogP) is 1.43. The van der Waals surface area contributed by atoms with Gasteiger partial charge in [-0.1, -0.05) is 6.07 Å². The van der Waals surface area contributed by atoms with Gasteiger partial charge < -0.3 is 9.47 Å². The van der Waals surface area contributed by atoms with Crippen molar-refractivity contribution in [3.63, 3.8) is 0 Å². The lowest BCUT2D eigenvalue weighted by Crippen LogP contribution is -2.35. The highest BCUT2D eigenvalue weighted by Crippen LogP contribution is 2.39. The van der Waals surface area contributed by atoms with Gasteiger partial charge in [-0.2, -0.15) is 14.2 Å². The number of aromatic nitrogens is 2. The van der Waals surface area contributed by atoms with Crippen LogP contribution >= 0.6 is 0 Å². The van der Waals surface area contributed by atoms with Crippen molar-refractivity contribution in [2.75, 3.05) is 7.11 Å². The number of fused-ring (bicyclic) bond motifs is 1. The summed E-state index contributed by atoms with van der Waals surface area (Å²) in [5, 5.41) is 8.85. The predicted molar refractivity (Wildman–Crippen MR) is 82.4 cm³/mol. The fourth-order valence-corrected chi connectivity index (χ4v) is 2.61. The summed E-state index contributed by atoms with van der Waals surface area (Å²) < 4.78 is 14.0. The summed E-state index contributed by atoms with van der Waals surface area (Å²) in [4.78, 5) is 24.9. The molecular weight excluding hydrogens is 310 g/mol. The third-order valence-corrected chi connectivity index (χ3v) is 4.14. The number of esters is 1. The zero-order valence-electron chi connectivity index (χ0n) is 13.6. The van der Waals surface area contributed by atoms with Crippen LogP contribution in [0.4, 0.5) is 0 Å². The van der Waals surface area contributed by atoms with E-state index in [1.54, 1.807) is 34.2 Å². The quantitative estimate of drug-likeness (QED) is 0.347. The van der Waals surface area contributed by atoms with Gasteiger partial charge in [0.05, 0.1) is 25.8 Å². The zero-order valence-corrected chi connectivity index (χ0v) is 13.6. The van der Waals surface area contributed by atoms with E-state index in [1.165, 1.54) is 7.11 Å². The molecule has 1 saturated carbocycles. The Kier molecular flexibility index (Phi) is 3.97. The maximum Gasteiger partial charge on any atom is 0.384 e. The van der Waals surface area contributed by atoms with Gasteiger partial charge in [0.2, 0.25) is 0 Å². The van der Waals surface area contributed by atoms with E-state index in [-0.39, 0.29) is 18.0 Å². The van der Waals surface area contributed by atoms with Crippen LogP contribution in [0.1, 0.15) is 36.7 Å². The number of aryl methyl sites for hydroxylation is 1. The van der Waals surface area contributed by atoms with E-state index in [4.69, 9.17) is 14.7 Å². The minimum Gasteiger partial charge on any atom is -0.462 e. The number of ether oxygens (including phenoxy) is 2. The number of nitriles is 1. The van der Waals surface area contributed by atoms with E-state index in [0.29, 0.717) is 12.2 Å². The summed E-state index contributed by atoms with van der Waals surface area (Å²) in [6.45, 7) is 2.16. The van der Waals surface area contributed by atoms with Crippen LogP contribution in [0.3, 0.4) is 0 Å². The first-order chi connectivity index (χ1) is 11.5. The van der Waals surface area contributed by atoms with Crippen LogP contribution in [0, 0.1) is 11.3 Å². The van der Waals surface area contributed by atoms with Crippen molar-refractivity contribution in [2.45, 2.75) is 38.3 Å². The highest BCUT2D eigenvalue weighted by Gasteiger charge is 2.45. The number of Topliss-reactive ketones (excluding diaryl/α,β-unsaturated/α-hetero) is 1. The third kappa shape index (κ3) is 2.71. The van der Waals surface area contributed by atoms with Crippen LogP contribution < -0.4 is 9.30 Å². The molecule has 1 fully saturated rings. The zero-order chi connectivity index (χ0) is 17.3. The SMILES string of the molecule is COc1c(C(=O)C(=O)OC2(C)CC2)n2ccccc2[n+]1CCC#N. The van der Waals surface area contributed by atoms with Crippen LogP contribution in [0.15, 0.2) is 24.4 Å². The van der Waals surface area contributed by atoms with Crippen LogP contribution in [0.5, 0.6) is 5.88 Å². The number of hydrogen-bond acceptors (Lipinski definition) is 5. The molecule has 7 nitrogen and oxygen atoms in total. The molecule has 0 spiro atoms. The molecule has 0 radical (unpaired) electrons. The molecule has 1 aliphatic carbocycles. The first kappa shape index (κ1) is 16.0. The Hall–Kier alpha value is -2.88. The van der Waals surface area contributed by atoms with E-state index < -0.39 is 17.4 Å². The first-order valence-electron chi connectivity index (χ1n) is 7.72. The number of pyridine rings is 1. The number of imidazole rings is 1. The normalized spacial score (nSPS) is 14.9. The van der Waals surface area contributed by atoms with Crippen molar-refractivity contribution in [3.8, 4) is 11.9 Å². The van der Waals surface area contributed by atoms with E-state index in [2.05, 4.69) is 6.07 Å². The van der Waals surface area contributed by atoms with Crippen molar-refractivity contribution in [1.82, 2.24) is 4.40 Å². The molecule has 0 N–H and O–H groups in total. The van der Waals surface area contributed by atoms with Gasteiger partial charge in [-0.05, 0) is 25.8 Å². The topological polar surface area (TPSA) is 84.7 Å².